The van der Waals surface area contributed by atoms with Crippen LogP contribution in [0.3, 0.4) is 0 Å². The average molecular weight is 1550 g/mol. The number of fused-ring (bicyclic) bond motifs is 7. The number of benzene rings is 17. The predicted octanol–water partition coefficient (Wildman–Crippen LogP) is 25.8. The molecular formula is C114H94BN3Si. The Bertz CT molecular complexity index is 7060. The summed E-state index contributed by atoms with van der Waals surface area (Å²) >= 11 is 0. The van der Waals surface area contributed by atoms with E-state index in [1.807, 2.05) is 6.07 Å². The maximum Gasteiger partial charge on any atom is 0.252 e. The predicted molar refractivity (Wildman–Crippen MR) is 513 cm³/mol. The van der Waals surface area contributed by atoms with Crippen LogP contribution in [0.2, 0.25) is 0 Å². The van der Waals surface area contributed by atoms with Crippen molar-refractivity contribution in [2.75, 3.05) is 9.80 Å². The second-order valence-electron chi connectivity index (χ2n) is 35.0. The number of nitrogens with zero attached hydrogens (tertiary/aromatic N) is 3. The molecule has 0 spiro atoms. The minimum Gasteiger partial charge on any atom is -0.310 e. The van der Waals surface area contributed by atoms with E-state index >= 15 is 0 Å². The molecule has 0 radical (unpaired) electrons. The van der Waals surface area contributed by atoms with Crippen LogP contribution in [0.25, 0.3) is 105 Å². The molecule has 5 heteroatoms. The summed E-state index contributed by atoms with van der Waals surface area (Å²) in [6.07, 6.45) is 0. The van der Waals surface area contributed by atoms with E-state index in [0.29, 0.717) is 5.69 Å². The van der Waals surface area contributed by atoms with Crippen LogP contribution >= 0.6 is 0 Å². The van der Waals surface area contributed by atoms with Crippen molar-refractivity contribution in [1.82, 2.24) is 4.57 Å². The van der Waals surface area contributed by atoms with Crippen LogP contribution < -0.4 is 46.9 Å². The number of rotatable bonds is 14. The highest BCUT2D eigenvalue weighted by atomic mass is 28.3. The maximum atomic E-state index is 10.0. The molecule has 0 saturated heterocycles. The Hall–Kier alpha value is -13.6. The van der Waals surface area contributed by atoms with Gasteiger partial charge in [-0.1, -0.05) is 390 Å². The first kappa shape index (κ1) is 65.6. The Balaban J connectivity index is 0.963. The monoisotopic (exact) mass is 1550 g/mol. The van der Waals surface area contributed by atoms with E-state index < -0.39 is 56.5 Å². The molecule has 17 aromatic carbocycles. The Morgan fingerprint density at radius 3 is 1.03 bits per heavy atom. The van der Waals surface area contributed by atoms with Crippen LogP contribution in [-0.4, -0.2) is 19.4 Å². The lowest BCUT2D eigenvalue weighted by atomic mass is 9.33. The second-order valence-corrected chi connectivity index (χ2v) is 38.8. The first-order valence-electron chi connectivity index (χ1n) is 45.4. The van der Waals surface area contributed by atoms with Crippen LogP contribution in [-0.2, 0) is 16.2 Å². The zero-order chi connectivity index (χ0) is 87.9. The molecule has 18 aromatic rings. The molecule has 0 unspecified atom stereocenters. The van der Waals surface area contributed by atoms with Crippen molar-refractivity contribution in [1.29, 1.82) is 0 Å². The summed E-state index contributed by atoms with van der Waals surface area (Å²) in [6.45, 7) is 20.1. The Morgan fingerprint density at radius 2 is 0.597 bits per heavy atom. The lowest BCUT2D eigenvalue weighted by Crippen LogP contribution is -2.74. The highest BCUT2D eigenvalue weighted by Gasteiger charge is 2.48. The molecule has 0 bridgehead atoms. The van der Waals surface area contributed by atoms with Gasteiger partial charge in [-0.15, -0.1) is 0 Å². The van der Waals surface area contributed by atoms with E-state index in [1.54, 1.807) is 4.57 Å². The quantitative estimate of drug-likeness (QED) is 0.0794. The van der Waals surface area contributed by atoms with Gasteiger partial charge in [0.1, 0.15) is 0 Å². The van der Waals surface area contributed by atoms with Gasteiger partial charge >= 0.3 is 0 Å². The van der Waals surface area contributed by atoms with Gasteiger partial charge in [-0.2, -0.15) is 0 Å². The number of anilines is 6. The average Bonchev–Trinajstić information content (AvgIpc) is 0.891. The summed E-state index contributed by atoms with van der Waals surface area (Å²) in [5.74, 6) is 0. The minimum atomic E-state index is -3.00. The summed E-state index contributed by atoms with van der Waals surface area (Å²) in [5.41, 5.74) is 25.6. The Labute approximate surface area is 713 Å². The molecule has 0 aliphatic carbocycles. The van der Waals surface area contributed by atoms with Crippen molar-refractivity contribution in [3.8, 4) is 83.6 Å². The third-order valence-electron chi connectivity index (χ3n) is 24.6. The summed E-state index contributed by atoms with van der Waals surface area (Å²) in [5, 5.41) is 5.10. The van der Waals surface area contributed by atoms with Gasteiger partial charge in [0.05, 0.1) is 33.4 Å². The van der Waals surface area contributed by atoms with Gasteiger partial charge in [-0.25, -0.2) is 0 Å². The molecule has 0 amide bonds. The first-order valence-corrected chi connectivity index (χ1v) is 43.4. The summed E-state index contributed by atoms with van der Waals surface area (Å²) in [4.78, 5) is 5.12. The molecule has 0 N–H and O–H groups in total. The van der Waals surface area contributed by atoms with Gasteiger partial charge < -0.3 is 14.4 Å². The molecule has 572 valence electrons. The van der Waals surface area contributed by atoms with Gasteiger partial charge in [-0.05, 0) is 205 Å². The third-order valence-corrected chi connectivity index (χ3v) is 29.4. The lowest BCUT2D eigenvalue weighted by Gasteiger charge is -2.47. The smallest absolute Gasteiger partial charge is 0.252 e. The summed E-state index contributed by atoms with van der Waals surface area (Å²) in [6, 6.07) is 128. The molecule has 3 nitrogen and oxygen atoms in total. The topological polar surface area (TPSA) is 11.4 Å². The SMILES string of the molecule is [2H]c1c([2H])c([2H])c2c(c1[2H])c1c([2H])c([2H])c([2H])c([2H])c1n2-c1ccc2c(c1)N(c1c(-c3ccccc3)cc(C(C)(C)C)cc1-c1ccccc1)c1cc(C(C)(C)C)cc3c1B2c1cc(-c2ccc([Si](c4ccccc4)(c4ccccc4)c4ccccc4)cc2)ccc1N3c1c(-c2cccc(-c3ccccc3)c2)cc(C(C)(C)C)cc1-c1cccc(-c2ccccc2)c1. The molecule has 0 fully saturated rings. The van der Waals surface area contributed by atoms with E-state index in [4.69, 9.17) is 0 Å². The van der Waals surface area contributed by atoms with Crippen molar-refractivity contribution in [3.05, 3.63) is 423 Å². The fourth-order valence-corrected chi connectivity index (χ4v) is 23.3. The molecule has 0 atom stereocenters. The fourth-order valence-electron chi connectivity index (χ4n) is 18.6. The van der Waals surface area contributed by atoms with Crippen molar-refractivity contribution in [3.63, 3.8) is 0 Å². The van der Waals surface area contributed by atoms with Gasteiger partial charge in [0, 0.05) is 61.5 Å². The number of para-hydroxylation sites is 2. The van der Waals surface area contributed by atoms with Crippen LogP contribution in [0, 0.1) is 0 Å². The van der Waals surface area contributed by atoms with Gasteiger partial charge in [0.25, 0.3) is 6.71 Å². The number of hydrogen-bond acceptors (Lipinski definition) is 2. The number of hydrogen-bond donors (Lipinski definition) is 0. The molecule has 20 rings (SSSR count). The van der Waals surface area contributed by atoms with Crippen LogP contribution in [0.5, 0.6) is 0 Å². The van der Waals surface area contributed by atoms with Gasteiger partial charge in [0.15, 0.2) is 8.07 Å². The summed E-state index contributed by atoms with van der Waals surface area (Å²) in [7, 11) is -3.00. The van der Waals surface area contributed by atoms with Gasteiger partial charge in [-0.3, -0.25) is 0 Å². The maximum absolute atomic E-state index is 10.0. The summed E-state index contributed by atoms with van der Waals surface area (Å²) < 4.78 is 78.4. The zero-order valence-corrected chi connectivity index (χ0v) is 69.5. The Morgan fingerprint density at radius 1 is 0.261 bits per heavy atom. The lowest BCUT2D eigenvalue weighted by molar-refractivity contribution is 0.590. The van der Waals surface area contributed by atoms with E-state index in [1.165, 1.54) is 26.3 Å². The highest BCUT2D eigenvalue weighted by Crippen LogP contribution is 2.56. The third kappa shape index (κ3) is 13.0. The Kier molecular flexibility index (Phi) is 16.3. The van der Waals surface area contributed by atoms with E-state index in [-0.39, 0.29) is 44.7 Å². The minimum absolute atomic E-state index is 0.00540. The van der Waals surface area contributed by atoms with Crippen LogP contribution in [0.4, 0.5) is 34.1 Å². The van der Waals surface area contributed by atoms with Gasteiger partial charge in [0.2, 0.25) is 0 Å². The second kappa shape index (κ2) is 29.5. The fraction of sp³-hybridized carbons (Fsp3) is 0.105. The van der Waals surface area contributed by atoms with Crippen molar-refractivity contribution in [2.45, 2.75) is 78.6 Å². The molecule has 119 heavy (non-hydrogen) atoms. The normalized spacial score (nSPS) is 13.6. The zero-order valence-electron chi connectivity index (χ0n) is 76.5. The molecule has 1 aromatic heterocycles. The molecule has 2 aliphatic rings. The van der Waals surface area contributed by atoms with E-state index in [0.717, 1.165) is 140 Å². The van der Waals surface area contributed by atoms with Crippen LogP contribution in [0.1, 0.15) is 90.0 Å². The van der Waals surface area contributed by atoms with Crippen molar-refractivity contribution >= 4 is 108 Å². The highest BCUT2D eigenvalue weighted by molar-refractivity contribution is 7.20. The van der Waals surface area contributed by atoms with E-state index in [9.17, 15) is 11.0 Å². The van der Waals surface area contributed by atoms with E-state index in [2.05, 4.69) is 424 Å². The molecular weight excluding hydrogens is 1450 g/mol. The number of aromatic nitrogens is 1. The van der Waals surface area contributed by atoms with Crippen LogP contribution in [0.15, 0.2) is 406 Å². The van der Waals surface area contributed by atoms with Crippen molar-refractivity contribution in [2.24, 2.45) is 0 Å². The molecule has 3 heterocycles. The standard InChI is InChI=1S/C114H94BN3Si/c1-112(2,3)87-70-97(80-41-21-12-22-42-80)110(98(71-87)81-43-23-13-24-44-81)118-106-76-90(116-103-57-33-31-55-95(103)96-56-32-34-58-104(96)116)62-65-101(106)115-102-69-84(79-59-63-94(64-60-79)119(91-49-25-14-26-50-91,92-51-27-15-28-52-92)93-53-29-16-30-54-93)61-66-105(102)117(107-74-89(114(7,8)9)75-108(118)109(107)115)111-99(85-47-35-45-82(67-85)77-37-17-10-18-38-77)72-88(113(4,5)6)73-100(111)86-48-36-46-83(68-86)78-39-19-11-20-40-78/h10-76H,1-9H3/i31D,32D,33D,34D,55D,56D,57D,58D. The first-order chi connectivity index (χ1) is 61.3. The molecule has 0 saturated carbocycles. The molecule has 2 aliphatic heterocycles. The largest absolute Gasteiger partial charge is 0.310 e. The van der Waals surface area contributed by atoms with Crippen molar-refractivity contribution < 1.29 is 11.0 Å².